The van der Waals surface area contributed by atoms with Crippen LogP contribution in [0.2, 0.25) is 0 Å². The highest BCUT2D eigenvalue weighted by Gasteiger charge is 2.30. The highest BCUT2D eigenvalue weighted by atomic mass is 32.2. The van der Waals surface area contributed by atoms with Gasteiger partial charge in [0.2, 0.25) is 10.0 Å². The van der Waals surface area contributed by atoms with Gasteiger partial charge in [-0.2, -0.15) is 13.2 Å². The average Bonchev–Trinajstić information content (AvgIpc) is 2.32. The minimum absolute atomic E-state index is 0.0184. The molecule has 1 unspecified atom stereocenters. The summed E-state index contributed by atoms with van der Waals surface area (Å²) in [4.78, 5) is 0. The number of rotatable bonds is 6. The Balaban J connectivity index is 2.77. The summed E-state index contributed by atoms with van der Waals surface area (Å²) in [7, 11) is -3.66. The predicted octanol–water partition coefficient (Wildman–Crippen LogP) is 2.64. The summed E-state index contributed by atoms with van der Waals surface area (Å²) in [6, 6.07) is 4.46. The molecule has 0 aliphatic carbocycles. The Morgan fingerprint density at radius 2 is 1.90 bits per heavy atom. The van der Waals surface area contributed by atoms with E-state index in [9.17, 15) is 21.6 Å². The van der Waals surface area contributed by atoms with E-state index in [1.54, 1.807) is 13.8 Å². The normalized spacial score (nSPS) is 14.2. The molecule has 0 bridgehead atoms. The summed E-state index contributed by atoms with van der Waals surface area (Å²) >= 11 is 0. The van der Waals surface area contributed by atoms with Crippen LogP contribution in [-0.2, 0) is 16.2 Å². The fourth-order valence-electron chi connectivity index (χ4n) is 1.70. The largest absolute Gasteiger partial charge is 0.493 e. The minimum Gasteiger partial charge on any atom is -0.493 e. The molecule has 0 spiro atoms. The third-order valence-electron chi connectivity index (χ3n) is 3.01. The smallest absolute Gasteiger partial charge is 0.416 e. The molecule has 0 fully saturated rings. The first-order chi connectivity index (χ1) is 9.49. The van der Waals surface area contributed by atoms with E-state index in [4.69, 9.17) is 9.88 Å². The van der Waals surface area contributed by atoms with E-state index in [1.807, 2.05) is 0 Å². The molecule has 0 aromatic heterocycles. The van der Waals surface area contributed by atoms with Crippen LogP contribution in [-0.4, -0.2) is 20.8 Å². The molecule has 0 aliphatic rings. The van der Waals surface area contributed by atoms with Crippen molar-refractivity contribution in [1.29, 1.82) is 0 Å². The van der Waals surface area contributed by atoms with Crippen molar-refractivity contribution in [2.45, 2.75) is 20.0 Å². The quantitative estimate of drug-likeness (QED) is 0.874. The van der Waals surface area contributed by atoms with Gasteiger partial charge in [0.25, 0.3) is 0 Å². The van der Waals surface area contributed by atoms with Gasteiger partial charge < -0.3 is 4.74 Å². The third kappa shape index (κ3) is 6.34. The van der Waals surface area contributed by atoms with Crippen molar-refractivity contribution in [2.75, 3.05) is 12.4 Å². The van der Waals surface area contributed by atoms with E-state index in [2.05, 4.69) is 0 Å². The topological polar surface area (TPSA) is 69.4 Å². The van der Waals surface area contributed by atoms with E-state index in [0.29, 0.717) is 0 Å². The first-order valence-electron chi connectivity index (χ1n) is 6.29. The van der Waals surface area contributed by atoms with Crippen molar-refractivity contribution in [3.63, 3.8) is 0 Å². The second-order valence-corrected chi connectivity index (χ2v) is 6.83. The molecule has 0 radical (unpaired) electrons. The van der Waals surface area contributed by atoms with Crippen LogP contribution in [0.15, 0.2) is 24.3 Å². The standard InChI is InChI=1S/C13H18F3NO3S/c1-9(2)10(8-21(17,18)19)7-20-12-5-3-4-11(6-12)13(14,15)16/h3-6,9-10H,7-8H2,1-2H3,(H2,17,18,19). The summed E-state index contributed by atoms with van der Waals surface area (Å²) in [6.07, 6.45) is -4.45. The zero-order valence-electron chi connectivity index (χ0n) is 11.7. The van der Waals surface area contributed by atoms with E-state index >= 15 is 0 Å². The molecule has 0 amide bonds. The average molecular weight is 325 g/mol. The highest BCUT2D eigenvalue weighted by molar-refractivity contribution is 7.89. The molecular formula is C13H18F3NO3S. The Bertz CT molecular complexity index is 570. The highest BCUT2D eigenvalue weighted by Crippen LogP contribution is 2.31. The summed E-state index contributed by atoms with van der Waals surface area (Å²) in [5, 5.41) is 4.99. The maximum absolute atomic E-state index is 12.6. The molecule has 1 aromatic rings. The van der Waals surface area contributed by atoms with Crippen LogP contribution in [0.3, 0.4) is 0 Å². The maximum atomic E-state index is 12.6. The van der Waals surface area contributed by atoms with Gasteiger partial charge in [0, 0.05) is 5.92 Å². The monoisotopic (exact) mass is 325 g/mol. The zero-order chi connectivity index (χ0) is 16.3. The second kappa shape index (κ2) is 6.65. The van der Waals surface area contributed by atoms with Crippen LogP contribution in [0, 0.1) is 11.8 Å². The first-order valence-corrected chi connectivity index (χ1v) is 8.01. The molecule has 0 aliphatic heterocycles. The number of sulfonamides is 1. The first kappa shape index (κ1) is 17.8. The lowest BCUT2D eigenvalue weighted by Gasteiger charge is -2.20. The van der Waals surface area contributed by atoms with Crippen LogP contribution >= 0.6 is 0 Å². The van der Waals surface area contributed by atoms with Crippen LogP contribution in [0.4, 0.5) is 13.2 Å². The molecule has 120 valence electrons. The molecule has 1 aromatic carbocycles. The van der Waals surface area contributed by atoms with Gasteiger partial charge >= 0.3 is 6.18 Å². The Labute approximate surface area is 122 Å². The molecule has 1 atom stereocenters. The Kier molecular flexibility index (Phi) is 5.63. The van der Waals surface area contributed by atoms with E-state index in [0.717, 1.165) is 12.1 Å². The Morgan fingerprint density at radius 1 is 1.29 bits per heavy atom. The van der Waals surface area contributed by atoms with E-state index in [1.165, 1.54) is 12.1 Å². The molecular weight excluding hydrogens is 307 g/mol. The van der Waals surface area contributed by atoms with Crippen molar-refractivity contribution in [2.24, 2.45) is 17.0 Å². The van der Waals surface area contributed by atoms with Crippen molar-refractivity contribution in [3.05, 3.63) is 29.8 Å². The van der Waals surface area contributed by atoms with Gasteiger partial charge in [-0.05, 0) is 24.1 Å². The van der Waals surface area contributed by atoms with E-state index in [-0.39, 0.29) is 24.0 Å². The Morgan fingerprint density at radius 3 is 2.38 bits per heavy atom. The van der Waals surface area contributed by atoms with Gasteiger partial charge in [-0.1, -0.05) is 19.9 Å². The third-order valence-corrected chi connectivity index (χ3v) is 3.91. The van der Waals surface area contributed by atoms with Gasteiger partial charge in [0.15, 0.2) is 0 Å². The molecule has 0 saturated heterocycles. The lowest BCUT2D eigenvalue weighted by atomic mass is 9.99. The lowest BCUT2D eigenvalue weighted by molar-refractivity contribution is -0.137. The van der Waals surface area contributed by atoms with Crippen LogP contribution in [0.1, 0.15) is 19.4 Å². The number of primary sulfonamides is 1. The summed E-state index contributed by atoms with van der Waals surface area (Å²) in [6.45, 7) is 3.58. The van der Waals surface area contributed by atoms with Crippen molar-refractivity contribution < 1.29 is 26.3 Å². The number of ether oxygens (including phenoxy) is 1. The number of benzene rings is 1. The van der Waals surface area contributed by atoms with Crippen LogP contribution < -0.4 is 9.88 Å². The van der Waals surface area contributed by atoms with E-state index < -0.39 is 27.7 Å². The number of alkyl halides is 3. The summed E-state index contributed by atoms with van der Waals surface area (Å²) in [5.74, 6) is -0.655. The van der Waals surface area contributed by atoms with Crippen LogP contribution in [0.5, 0.6) is 5.75 Å². The van der Waals surface area contributed by atoms with Gasteiger partial charge in [-0.15, -0.1) is 0 Å². The zero-order valence-corrected chi connectivity index (χ0v) is 12.5. The molecule has 0 heterocycles. The summed E-state index contributed by atoms with van der Waals surface area (Å²) in [5.41, 5.74) is -0.812. The molecule has 4 nitrogen and oxygen atoms in total. The molecule has 2 N–H and O–H groups in total. The number of hydrogen-bond acceptors (Lipinski definition) is 3. The summed E-state index contributed by atoms with van der Waals surface area (Å²) < 4.78 is 65.2. The maximum Gasteiger partial charge on any atom is 0.416 e. The fraction of sp³-hybridized carbons (Fsp3) is 0.538. The van der Waals surface area contributed by atoms with Crippen molar-refractivity contribution in [3.8, 4) is 5.75 Å². The lowest BCUT2D eigenvalue weighted by Crippen LogP contribution is -2.30. The van der Waals surface area contributed by atoms with Gasteiger partial charge in [-0.3, -0.25) is 0 Å². The molecule has 21 heavy (non-hydrogen) atoms. The number of nitrogens with two attached hydrogens (primary N) is 1. The van der Waals surface area contributed by atoms with Crippen molar-refractivity contribution >= 4 is 10.0 Å². The fourth-order valence-corrected chi connectivity index (χ4v) is 2.77. The minimum atomic E-state index is -4.45. The van der Waals surface area contributed by atoms with Crippen molar-refractivity contribution in [1.82, 2.24) is 0 Å². The Hall–Kier alpha value is -1.28. The number of halogens is 3. The molecule has 8 heteroatoms. The predicted molar refractivity (Wildman–Crippen MR) is 73.2 cm³/mol. The molecule has 0 saturated carbocycles. The second-order valence-electron chi connectivity index (χ2n) is 5.17. The van der Waals surface area contributed by atoms with Gasteiger partial charge in [0.1, 0.15) is 5.75 Å². The molecule has 1 rings (SSSR count). The van der Waals surface area contributed by atoms with Gasteiger partial charge in [-0.25, -0.2) is 13.6 Å². The SMILES string of the molecule is CC(C)C(COc1cccc(C(F)(F)F)c1)CS(N)(=O)=O. The van der Waals surface area contributed by atoms with Gasteiger partial charge in [0.05, 0.1) is 17.9 Å². The van der Waals surface area contributed by atoms with Crippen LogP contribution in [0.25, 0.3) is 0 Å². The number of hydrogen-bond donors (Lipinski definition) is 1.